The minimum absolute atomic E-state index is 0.0148. The number of hydrogen-bond acceptors (Lipinski definition) is 6. The van der Waals surface area contributed by atoms with Crippen molar-refractivity contribution in [2.24, 2.45) is 17.8 Å². The maximum absolute atomic E-state index is 13.7. The lowest BCUT2D eigenvalue weighted by molar-refractivity contribution is -0.145. The second kappa shape index (κ2) is 8.29. The van der Waals surface area contributed by atoms with Gasteiger partial charge in [0.2, 0.25) is 11.8 Å². The number of carbonyl (C=O) groups excluding carboxylic acids is 4. The van der Waals surface area contributed by atoms with Crippen LogP contribution < -0.4 is 4.74 Å². The van der Waals surface area contributed by atoms with Crippen LogP contribution in [0.1, 0.15) is 58.9 Å². The molecule has 4 atom stereocenters. The van der Waals surface area contributed by atoms with Crippen molar-refractivity contribution in [1.29, 1.82) is 0 Å². The monoisotopic (exact) mass is 489 g/mol. The summed E-state index contributed by atoms with van der Waals surface area (Å²) in [5.74, 6) is -2.50. The number of likely N-dealkylation sites (tertiary alicyclic amines) is 1. The average Bonchev–Trinajstić information content (AvgIpc) is 3.08. The summed E-state index contributed by atoms with van der Waals surface area (Å²) >= 11 is 0. The van der Waals surface area contributed by atoms with Gasteiger partial charge in [-0.25, -0.2) is 0 Å². The fourth-order valence-corrected chi connectivity index (χ4v) is 6.40. The van der Waals surface area contributed by atoms with Gasteiger partial charge >= 0.3 is 0 Å². The van der Waals surface area contributed by atoms with E-state index >= 15 is 0 Å². The van der Waals surface area contributed by atoms with E-state index in [2.05, 4.69) is 0 Å². The van der Waals surface area contributed by atoms with Crippen LogP contribution >= 0.6 is 0 Å². The Morgan fingerprint density at radius 1 is 1.08 bits per heavy atom. The number of phenolic OH excluding ortho intramolecular Hbond substituents is 1. The highest BCUT2D eigenvalue weighted by atomic mass is 16.5. The molecule has 5 rings (SSSR count). The molecule has 4 aliphatic rings. The lowest BCUT2D eigenvalue weighted by Gasteiger charge is -2.42. The molecule has 1 fully saturated rings. The number of imide groups is 1. The molecule has 1 aromatic carbocycles. The normalized spacial score (nSPS) is 28.0. The SMILES string of the molecule is CCOc1cc([C@H]2C3=CC[C@@H]4C(=O)N(C(C)(C)C)C(=O)[C@@H]4[C@@H]3CC3=C2C(=O)C=C(C)C3=O)ccc1O. The van der Waals surface area contributed by atoms with Crippen LogP contribution in [0.15, 0.2) is 52.6 Å². The minimum atomic E-state index is -0.649. The molecule has 0 unspecified atom stereocenters. The third-order valence-corrected chi connectivity index (χ3v) is 7.85. The summed E-state index contributed by atoms with van der Waals surface area (Å²) in [7, 11) is 0. The lowest BCUT2D eigenvalue weighted by atomic mass is 9.59. The first-order chi connectivity index (χ1) is 17.0. The van der Waals surface area contributed by atoms with Crippen LogP contribution in [0.4, 0.5) is 0 Å². The van der Waals surface area contributed by atoms with Crippen molar-refractivity contribution in [2.75, 3.05) is 6.61 Å². The Bertz CT molecular complexity index is 1310. The summed E-state index contributed by atoms with van der Waals surface area (Å²) < 4.78 is 5.60. The first-order valence-corrected chi connectivity index (χ1v) is 12.5. The van der Waals surface area contributed by atoms with E-state index in [9.17, 15) is 24.3 Å². The first-order valence-electron chi connectivity index (χ1n) is 12.5. The maximum Gasteiger partial charge on any atom is 0.234 e. The number of amides is 2. The van der Waals surface area contributed by atoms with E-state index in [4.69, 9.17) is 4.74 Å². The molecule has 7 heteroatoms. The Hall–Kier alpha value is -3.48. The Balaban J connectivity index is 1.68. The van der Waals surface area contributed by atoms with Gasteiger partial charge in [0, 0.05) is 28.2 Å². The molecule has 0 radical (unpaired) electrons. The van der Waals surface area contributed by atoms with Gasteiger partial charge in [-0.15, -0.1) is 0 Å². The number of allylic oxidation sites excluding steroid dienone is 6. The van der Waals surface area contributed by atoms with Gasteiger partial charge < -0.3 is 9.84 Å². The van der Waals surface area contributed by atoms with Gasteiger partial charge in [0.15, 0.2) is 23.1 Å². The number of hydrogen-bond donors (Lipinski definition) is 1. The second-order valence-corrected chi connectivity index (χ2v) is 11.1. The molecule has 3 aliphatic carbocycles. The standard InChI is InChI=1S/C29H31NO6/c1-6-36-22-12-15(7-10-20(22)31)23-16-8-9-17-24(28(35)30(27(17)34)29(3,4)5)18(16)13-19-25(23)21(32)11-14(2)26(19)33/h7-8,10-12,17-18,23-24,31H,6,9,13H2,1-5H3/t17-,18+,23-,24-/m0/s1. The Labute approximate surface area is 210 Å². The smallest absolute Gasteiger partial charge is 0.234 e. The van der Waals surface area contributed by atoms with Crippen LogP contribution in [0.5, 0.6) is 11.5 Å². The molecule has 0 aromatic heterocycles. The third-order valence-electron chi connectivity index (χ3n) is 7.85. The Morgan fingerprint density at radius 2 is 1.81 bits per heavy atom. The molecule has 1 aromatic rings. The summed E-state index contributed by atoms with van der Waals surface area (Å²) in [5.41, 5.74) is 2.16. The van der Waals surface area contributed by atoms with Crippen molar-refractivity contribution in [2.45, 2.75) is 58.9 Å². The van der Waals surface area contributed by atoms with E-state index in [-0.39, 0.29) is 41.5 Å². The summed E-state index contributed by atoms with van der Waals surface area (Å²) in [6.07, 6.45) is 4.03. The van der Waals surface area contributed by atoms with Gasteiger partial charge in [0.05, 0.1) is 18.4 Å². The number of phenols is 1. The number of ether oxygens (including phenoxy) is 1. The largest absolute Gasteiger partial charge is 0.504 e. The van der Waals surface area contributed by atoms with Gasteiger partial charge in [0.25, 0.3) is 0 Å². The number of nitrogens with zero attached hydrogens (tertiary/aromatic N) is 1. The number of aromatic hydroxyl groups is 1. The number of Topliss-reactive ketones (excluding diaryl/α,β-unsaturated/α-hetero) is 1. The van der Waals surface area contributed by atoms with Crippen molar-refractivity contribution < 1.29 is 29.0 Å². The van der Waals surface area contributed by atoms with E-state index in [1.807, 2.05) is 33.8 Å². The summed E-state index contributed by atoms with van der Waals surface area (Å²) in [6.45, 7) is 9.34. The zero-order valence-corrected chi connectivity index (χ0v) is 21.3. The molecule has 7 nitrogen and oxygen atoms in total. The van der Waals surface area contributed by atoms with Crippen LogP contribution in [-0.2, 0) is 19.2 Å². The second-order valence-electron chi connectivity index (χ2n) is 11.1. The van der Waals surface area contributed by atoms with Crippen molar-refractivity contribution in [3.05, 3.63) is 58.2 Å². The number of fused-ring (bicyclic) bond motifs is 3. The zero-order chi connectivity index (χ0) is 26.1. The van der Waals surface area contributed by atoms with E-state index in [0.717, 1.165) is 5.57 Å². The molecule has 0 saturated carbocycles. The van der Waals surface area contributed by atoms with Crippen molar-refractivity contribution in [1.82, 2.24) is 4.90 Å². The molecule has 36 heavy (non-hydrogen) atoms. The highest BCUT2D eigenvalue weighted by Gasteiger charge is 2.58. The predicted molar refractivity (Wildman–Crippen MR) is 132 cm³/mol. The molecule has 1 N–H and O–H groups in total. The Kier molecular flexibility index (Phi) is 5.58. The third kappa shape index (κ3) is 3.47. The number of rotatable bonds is 3. The van der Waals surface area contributed by atoms with E-state index in [1.165, 1.54) is 17.0 Å². The summed E-state index contributed by atoms with van der Waals surface area (Å²) in [5, 5.41) is 10.3. The fourth-order valence-electron chi connectivity index (χ4n) is 6.40. The topological polar surface area (TPSA) is 101 Å². The first kappa shape index (κ1) is 24.2. The lowest BCUT2D eigenvalue weighted by Crippen LogP contribution is -2.46. The number of ketones is 2. The summed E-state index contributed by atoms with van der Waals surface area (Å²) in [4.78, 5) is 55.0. The number of benzene rings is 1. The van der Waals surface area contributed by atoms with Crippen molar-refractivity contribution in [3.8, 4) is 11.5 Å². The highest BCUT2D eigenvalue weighted by molar-refractivity contribution is 6.23. The highest BCUT2D eigenvalue weighted by Crippen LogP contribution is 2.56. The molecule has 188 valence electrons. The van der Waals surface area contributed by atoms with Gasteiger partial charge in [-0.3, -0.25) is 24.1 Å². The quantitative estimate of drug-likeness (QED) is 0.391. The van der Waals surface area contributed by atoms with Crippen LogP contribution in [0.2, 0.25) is 0 Å². The molecule has 0 bridgehead atoms. The molecule has 1 aliphatic heterocycles. The van der Waals surface area contributed by atoms with Gasteiger partial charge in [-0.05, 0) is 77.2 Å². The molecule has 0 spiro atoms. The van der Waals surface area contributed by atoms with Gasteiger partial charge in [0.1, 0.15) is 0 Å². The average molecular weight is 490 g/mol. The van der Waals surface area contributed by atoms with Gasteiger partial charge in [-0.1, -0.05) is 17.7 Å². The minimum Gasteiger partial charge on any atom is -0.504 e. The van der Waals surface area contributed by atoms with E-state index in [1.54, 1.807) is 19.1 Å². The van der Waals surface area contributed by atoms with Gasteiger partial charge in [-0.2, -0.15) is 0 Å². The predicted octanol–water partition coefficient (Wildman–Crippen LogP) is 4.02. The summed E-state index contributed by atoms with van der Waals surface area (Å²) in [6, 6.07) is 4.96. The van der Waals surface area contributed by atoms with Crippen LogP contribution in [0, 0.1) is 17.8 Å². The van der Waals surface area contributed by atoms with Crippen molar-refractivity contribution >= 4 is 23.4 Å². The fraction of sp³-hybridized carbons (Fsp3) is 0.448. The van der Waals surface area contributed by atoms with E-state index < -0.39 is 23.3 Å². The molecule has 2 amide bonds. The van der Waals surface area contributed by atoms with E-state index in [0.29, 0.717) is 41.1 Å². The van der Waals surface area contributed by atoms with Crippen LogP contribution in [-0.4, -0.2) is 45.5 Å². The molecule has 1 saturated heterocycles. The molecule has 1 heterocycles. The zero-order valence-electron chi connectivity index (χ0n) is 21.3. The van der Waals surface area contributed by atoms with Crippen LogP contribution in [0.3, 0.4) is 0 Å². The maximum atomic E-state index is 13.7. The molecular formula is C29H31NO6. The van der Waals surface area contributed by atoms with Crippen LogP contribution in [0.25, 0.3) is 0 Å². The molecular weight excluding hydrogens is 458 g/mol. The Morgan fingerprint density at radius 3 is 2.47 bits per heavy atom. The van der Waals surface area contributed by atoms with Crippen molar-refractivity contribution in [3.63, 3.8) is 0 Å². The number of carbonyl (C=O) groups is 4.